The minimum Gasteiger partial charge on any atom is -0.350 e. The van der Waals surface area contributed by atoms with Gasteiger partial charge >= 0.3 is 0 Å². The van der Waals surface area contributed by atoms with Gasteiger partial charge in [-0.15, -0.1) is 0 Å². The maximum Gasteiger partial charge on any atom is 0.243 e. The largest absolute Gasteiger partial charge is 0.350 e. The zero-order valence-electron chi connectivity index (χ0n) is 18.7. The number of benzene rings is 1. The summed E-state index contributed by atoms with van der Waals surface area (Å²) < 4.78 is 54.0. The van der Waals surface area contributed by atoms with Crippen LogP contribution in [0, 0.1) is 5.92 Å². The van der Waals surface area contributed by atoms with E-state index in [0.29, 0.717) is 25.8 Å². The average Bonchev–Trinajstić information content (AvgIpc) is 3.16. The molecule has 0 bridgehead atoms. The van der Waals surface area contributed by atoms with E-state index in [1.54, 1.807) is 24.3 Å². The van der Waals surface area contributed by atoms with Crippen LogP contribution >= 0.6 is 0 Å². The topological polar surface area (TPSA) is 95.1 Å². The third kappa shape index (κ3) is 4.51. The first-order chi connectivity index (χ1) is 15.6. The van der Waals surface area contributed by atoms with E-state index in [1.165, 1.54) is 4.31 Å². The molecule has 3 aliphatic heterocycles. The lowest BCUT2D eigenvalue weighted by Gasteiger charge is -2.27. The molecule has 0 spiro atoms. The highest BCUT2D eigenvalue weighted by molar-refractivity contribution is 7.89. The van der Waals surface area contributed by atoms with Gasteiger partial charge in [-0.3, -0.25) is 4.79 Å². The van der Waals surface area contributed by atoms with E-state index in [4.69, 9.17) is 0 Å². The quantitative estimate of drug-likeness (QED) is 0.581. The van der Waals surface area contributed by atoms with Gasteiger partial charge in [0, 0.05) is 25.5 Å². The zero-order chi connectivity index (χ0) is 23.8. The Hall–Kier alpha value is -2.43. The summed E-state index contributed by atoms with van der Waals surface area (Å²) in [6.07, 6.45) is 14.0. The second-order valence-electron chi connectivity index (χ2n) is 8.64. The molecule has 2 fully saturated rings. The van der Waals surface area contributed by atoms with Gasteiger partial charge in [-0.25, -0.2) is 21.1 Å². The first kappa shape index (κ1) is 23.7. The van der Waals surface area contributed by atoms with Crippen molar-refractivity contribution in [3.8, 4) is 0 Å². The fourth-order valence-electron chi connectivity index (χ4n) is 4.98. The fourth-order valence-corrected chi connectivity index (χ4v) is 7.87. The van der Waals surface area contributed by atoms with Crippen LogP contribution in [-0.2, 0) is 31.4 Å². The molecule has 0 unspecified atom stereocenters. The Labute approximate surface area is 196 Å². The van der Waals surface area contributed by atoms with Crippen molar-refractivity contribution in [3.63, 3.8) is 0 Å². The highest BCUT2D eigenvalue weighted by Gasteiger charge is 2.58. The number of amides is 1. The molecule has 0 aromatic heterocycles. The first-order valence-electron chi connectivity index (χ1n) is 11.1. The lowest BCUT2D eigenvalue weighted by atomic mass is 9.95. The molecule has 3 aliphatic rings. The smallest absolute Gasteiger partial charge is 0.243 e. The van der Waals surface area contributed by atoms with E-state index in [-0.39, 0.29) is 11.4 Å². The second kappa shape index (κ2) is 9.08. The molecule has 3 atom stereocenters. The molecular weight excluding hydrogens is 462 g/mol. The monoisotopic (exact) mass is 491 g/mol. The summed E-state index contributed by atoms with van der Waals surface area (Å²) in [6, 6.07) is 5.42. The van der Waals surface area contributed by atoms with Crippen molar-refractivity contribution in [2.45, 2.75) is 49.7 Å². The highest BCUT2D eigenvalue weighted by atomic mass is 32.2. The van der Waals surface area contributed by atoms with E-state index in [1.807, 2.05) is 48.5 Å². The SMILES string of the molecule is CCC[C@H]1C(=O)N(S(C)(=O)=O)[C@H]2CCN(S(=O)(=O)c3ccc(CN4C=CC=CC=C4)cc3)[C@H]12. The zero-order valence-corrected chi connectivity index (χ0v) is 20.4. The summed E-state index contributed by atoms with van der Waals surface area (Å²) in [6.45, 7) is 2.69. The summed E-state index contributed by atoms with van der Waals surface area (Å²) in [5.74, 6) is -1.14. The van der Waals surface area contributed by atoms with Crippen LogP contribution in [0.5, 0.6) is 0 Å². The average molecular weight is 492 g/mol. The third-order valence-corrected chi connectivity index (χ3v) is 9.44. The number of nitrogens with zero attached hydrogens (tertiary/aromatic N) is 3. The van der Waals surface area contributed by atoms with Gasteiger partial charge in [0.15, 0.2) is 0 Å². The summed E-state index contributed by atoms with van der Waals surface area (Å²) in [7, 11) is -7.66. The molecule has 0 aliphatic carbocycles. The van der Waals surface area contributed by atoms with Gasteiger partial charge in [0.1, 0.15) is 0 Å². The van der Waals surface area contributed by atoms with Gasteiger partial charge in [0.05, 0.1) is 29.2 Å². The van der Waals surface area contributed by atoms with Gasteiger partial charge < -0.3 is 4.90 Å². The van der Waals surface area contributed by atoms with Crippen LogP contribution in [0.4, 0.5) is 0 Å². The Morgan fingerprint density at radius 3 is 2.18 bits per heavy atom. The molecule has 10 heteroatoms. The molecule has 1 aromatic carbocycles. The van der Waals surface area contributed by atoms with Crippen molar-refractivity contribution in [1.29, 1.82) is 0 Å². The van der Waals surface area contributed by atoms with Gasteiger partial charge in [-0.2, -0.15) is 4.31 Å². The molecule has 0 N–H and O–H groups in total. The van der Waals surface area contributed by atoms with Gasteiger partial charge in [0.2, 0.25) is 26.0 Å². The maximum atomic E-state index is 13.5. The van der Waals surface area contributed by atoms with E-state index in [2.05, 4.69) is 0 Å². The molecule has 1 amide bonds. The normalized spacial score (nSPS) is 25.6. The number of fused-ring (bicyclic) bond motifs is 1. The Bertz CT molecular complexity index is 1190. The lowest BCUT2D eigenvalue weighted by molar-refractivity contribution is -0.128. The van der Waals surface area contributed by atoms with Crippen LogP contribution in [0.3, 0.4) is 0 Å². The molecule has 2 saturated heterocycles. The predicted octanol–water partition coefficient (Wildman–Crippen LogP) is 2.44. The summed E-state index contributed by atoms with van der Waals surface area (Å²) in [5.41, 5.74) is 0.951. The van der Waals surface area contributed by atoms with Crippen LogP contribution in [-0.4, -0.2) is 61.1 Å². The molecule has 0 saturated carbocycles. The Balaban J connectivity index is 1.59. The maximum absolute atomic E-state index is 13.5. The minimum atomic E-state index is -3.88. The van der Waals surface area contributed by atoms with Gasteiger partial charge in [-0.1, -0.05) is 37.6 Å². The highest BCUT2D eigenvalue weighted by Crippen LogP contribution is 2.42. The van der Waals surface area contributed by atoms with Gasteiger partial charge in [-0.05, 0) is 42.7 Å². The van der Waals surface area contributed by atoms with Crippen molar-refractivity contribution >= 4 is 26.0 Å². The minimum absolute atomic E-state index is 0.149. The van der Waals surface area contributed by atoms with Crippen LogP contribution < -0.4 is 0 Å². The predicted molar refractivity (Wildman–Crippen MR) is 126 cm³/mol. The summed E-state index contributed by atoms with van der Waals surface area (Å²) >= 11 is 0. The van der Waals surface area contributed by atoms with Crippen LogP contribution in [0.15, 0.2) is 65.9 Å². The van der Waals surface area contributed by atoms with Crippen LogP contribution in [0.2, 0.25) is 0 Å². The fraction of sp³-hybridized carbons (Fsp3) is 0.435. The third-order valence-electron chi connectivity index (χ3n) is 6.36. The van der Waals surface area contributed by atoms with E-state index >= 15 is 0 Å². The molecule has 4 rings (SSSR count). The first-order valence-corrected chi connectivity index (χ1v) is 14.3. The second-order valence-corrected chi connectivity index (χ2v) is 12.4. The number of hydrogen-bond donors (Lipinski definition) is 0. The number of carbonyl (C=O) groups excluding carboxylic acids is 1. The number of hydrogen-bond acceptors (Lipinski definition) is 6. The molecule has 1 aromatic rings. The van der Waals surface area contributed by atoms with Crippen LogP contribution in [0.1, 0.15) is 31.7 Å². The summed E-state index contributed by atoms with van der Waals surface area (Å²) in [4.78, 5) is 15.1. The number of rotatable bonds is 7. The van der Waals surface area contributed by atoms with E-state index in [0.717, 1.165) is 16.1 Å². The van der Waals surface area contributed by atoms with E-state index < -0.39 is 44.0 Å². The molecule has 3 heterocycles. The lowest BCUT2D eigenvalue weighted by Crippen LogP contribution is -2.43. The van der Waals surface area contributed by atoms with Gasteiger partial charge in [0.25, 0.3) is 0 Å². The molecule has 178 valence electrons. The van der Waals surface area contributed by atoms with Crippen molar-refractivity contribution in [1.82, 2.24) is 13.5 Å². The summed E-state index contributed by atoms with van der Waals surface area (Å²) in [5, 5.41) is 0. The van der Waals surface area contributed by atoms with Crippen molar-refractivity contribution in [3.05, 3.63) is 66.5 Å². The van der Waals surface area contributed by atoms with Crippen LogP contribution in [0.25, 0.3) is 0 Å². The molecule has 33 heavy (non-hydrogen) atoms. The van der Waals surface area contributed by atoms with Crippen molar-refractivity contribution in [2.24, 2.45) is 5.92 Å². The number of sulfonamides is 2. The Morgan fingerprint density at radius 2 is 1.61 bits per heavy atom. The Morgan fingerprint density at radius 1 is 0.970 bits per heavy atom. The van der Waals surface area contributed by atoms with Crippen molar-refractivity contribution in [2.75, 3.05) is 12.8 Å². The number of allylic oxidation sites excluding steroid dienone is 4. The standard InChI is InChI=1S/C23H29N3O5S2/c1-3-8-20-22-21(26(23(20)27)32(2,28)29)13-16-25(22)33(30,31)19-11-9-18(10-12-19)17-24-14-6-4-5-7-15-24/h4-7,9-12,14-15,20-22H,3,8,13,16-17H2,1-2H3/t20-,21+,22-/m1/s1. The Kier molecular flexibility index (Phi) is 6.52. The van der Waals surface area contributed by atoms with E-state index in [9.17, 15) is 21.6 Å². The molecule has 8 nitrogen and oxygen atoms in total. The van der Waals surface area contributed by atoms with Crippen molar-refractivity contribution < 1.29 is 21.6 Å². The molecule has 0 radical (unpaired) electrons. The molecular formula is C23H29N3O5S2. The number of carbonyl (C=O) groups is 1.